The Bertz CT molecular complexity index is 644. The summed E-state index contributed by atoms with van der Waals surface area (Å²) in [5, 5.41) is 15.1. The van der Waals surface area contributed by atoms with Crippen molar-refractivity contribution in [3.8, 4) is 5.75 Å². The van der Waals surface area contributed by atoms with E-state index in [-0.39, 0.29) is 17.9 Å². The summed E-state index contributed by atoms with van der Waals surface area (Å²) >= 11 is 0. The summed E-state index contributed by atoms with van der Waals surface area (Å²) in [5.41, 5.74) is -0.193. The minimum atomic E-state index is -1.30. The molecule has 7 nitrogen and oxygen atoms in total. The molecule has 2 atom stereocenters. The fourth-order valence-corrected chi connectivity index (χ4v) is 2.99. The zero-order chi connectivity index (χ0) is 16.6. The lowest BCUT2D eigenvalue weighted by molar-refractivity contribution is 0.105. The number of rotatable bonds is 3. The van der Waals surface area contributed by atoms with Crippen LogP contribution < -0.4 is 10.1 Å². The molecule has 1 saturated heterocycles. The van der Waals surface area contributed by atoms with E-state index < -0.39 is 29.7 Å². The first kappa shape index (κ1) is 15.3. The molecule has 2 N–H and O–H groups in total. The van der Waals surface area contributed by atoms with Crippen LogP contribution in [-0.2, 0) is 4.84 Å². The normalized spacial score (nSPS) is 22.9. The van der Waals surface area contributed by atoms with Gasteiger partial charge >= 0.3 is 6.09 Å². The fourth-order valence-electron chi connectivity index (χ4n) is 2.99. The van der Waals surface area contributed by atoms with Gasteiger partial charge in [0.25, 0.3) is 0 Å². The summed E-state index contributed by atoms with van der Waals surface area (Å²) < 4.78 is 33.5. The van der Waals surface area contributed by atoms with Crippen molar-refractivity contribution >= 4 is 11.9 Å². The van der Waals surface area contributed by atoms with Crippen LogP contribution in [0.15, 0.2) is 17.3 Å². The molecule has 23 heavy (non-hydrogen) atoms. The summed E-state index contributed by atoms with van der Waals surface area (Å²) in [6.45, 7) is 1.06. The molecule has 2 aliphatic rings. The van der Waals surface area contributed by atoms with Crippen LogP contribution in [0.4, 0.5) is 13.6 Å². The summed E-state index contributed by atoms with van der Waals surface area (Å²) in [7, 11) is 1.31. The maximum Gasteiger partial charge on any atom is 0.405 e. The number of halogens is 2. The molecule has 0 radical (unpaired) electrons. The van der Waals surface area contributed by atoms with E-state index in [1.54, 1.807) is 4.90 Å². The number of hydrogen-bond acceptors (Lipinski definition) is 5. The maximum absolute atomic E-state index is 14.4. The Morgan fingerprint density at radius 2 is 2.17 bits per heavy atom. The van der Waals surface area contributed by atoms with Gasteiger partial charge in [0.15, 0.2) is 5.84 Å². The molecule has 124 valence electrons. The van der Waals surface area contributed by atoms with Crippen LogP contribution in [0.25, 0.3) is 0 Å². The second kappa shape index (κ2) is 5.90. The number of oxime groups is 1. The predicted octanol–water partition coefficient (Wildman–Crippen LogP) is 1.35. The van der Waals surface area contributed by atoms with Crippen molar-refractivity contribution in [1.29, 1.82) is 0 Å². The van der Waals surface area contributed by atoms with Gasteiger partial charge in [-0.25, -0.2) is 13.6 Å². The van der Waals surface area contributed by atoms with E-state index in [4.69, 9.17) is 14.7 Å². The molecule has 0 aliphatic carbocycles. The lowest BCUT2D eigenvalue weighted by Crippen LogP contribution is -2.45. The Morgan fingerprint density at radius 3 is 2.78 bits per heavy atom. The number of carboxylic acid groups (broad SMARTS) is 1. The van der Waals surface area contributed by atoms with Crippen LogP contribution in [0.2, 0.25) is 0 Å². The number of nitrogens with one attached hydrogen (secondary N) is 1. The van der Waals surface area contributed by atoms with Gasteiger partial charge in [0.2, 0.25) is 0 Å². The molecule has 1 amide bonds. The highest BCUT2D eigenvalue weighted by Gasteiger charge is 2.44. The fraction of sp³-hybridized carbons (Fsp3) is 0.429. The monoisotopic (exact) mass is 327 g/mol. The molecule has 3 rings (SSSR count). The Kier molecular flexibility index (Phi) is 3.93. The van der Waals surface area contributed by atoms with Gasteiger partial charge in [-0.3, -0.25) is 0 Å². The van der Waals surface area contributed by atoms with Gasteiger partial charge in [0.05, 0.1) is 13.7 Å². The second-order valence-electron chi connectivity index (χ2n) is 5.27. The van der Waals surface area contributed by atoms with Crippen LogP contribution in [0, 0.1) is 11.6 Å². The van der Waals surface area contributed by atoms with Crippen LogP contribution in [0.1, 0.15) is 11.5 Å². The van der Waals surface area contributed by atoms with Gasteiger partial charge in [-0.1, -0.05) is 5.16 Å². The third-order valence-electron chi connectivity index (χ3n) is 3.97. The zero-order valence-electron chi connectivity index (χ0n) is 12.3. The van der Waals surface area contributed by atoms with Crippen molar-refractivity contribution in [1.82, 2.24) is 10.2 Å². The van der Waals surface area contributed by atoms with Gasteiger partial charge in [0.1, 0.15) is 30.0 Å². The molecule has 1 aromatic rings. The Morgan fingerprint density at radius 1 is 1.48 bits per heavy atom. The Hall–Kier alpha value is -2.58. The van der Waals surface area contributed by atoms with Crippen molar-refractivity contribution in [2.75, 3.05) is 26.8 Å². The predicted molar refractivity (Wildman–Crippen MR) is 75.6 cm³/mol. The van der Waals surface area contributed by atoms with Crippen molar-refractivity contribution in [3.05, 3.63) is 29.3 Å². The van der Waals surface area contributed by atoms with Gasteiger partial charge in [-0.05, 0) is 0 Å². The van der Waals surface area contributed by atoms with E-state index in [1.807, 2.05) is 0 Å². The molecule has 2 unspecified atom stereocenters. The highest BCUT2D eigenvalue weighted by atomic mass is 19.1. The van der Waals surface area contributed by atoms with E-state index in [0.29, 0.717) is 19.0 Å². The first-order chi connectivity index (χ1) is 11.0. The minimum absolute atomic E-state index is 0.0582. The number of methoxy groups -OCH3 is 1. The second-order valence-corrected chi connectivity index (χ2v) is 5.27. The Labute approximate surface area is 130 Å². The standard InChI is InChI=1S/C14H15F2N3O4/c1-22-7-4-9(15)11(10(16)5-7)8-6-19-2-3-23-18-13(19)12(8)17-14(20)21/h4-5,8,12,17H,2-3,6H2,1H3,(H,20,21). The third kappa shape index (κ3) is 2.73. The molecule has 1 aromatic carbocycles. The molecular weight excluding hydrogens is 312 g/mol. The lowest BCUT2D eigenvalue weighted by Gasteiger charge is -2.23. The highest BCUT2D eigenvalue weighted by molar-refractivity contribution is 5.93. The van der Waals surface area contributed by atoms with Crippen LogP contribution in [-0.4, -0.2) is 54.8 Å². The topological polar surface area (TPSA) is 83.4 Å². The molecule has 0 saturated carbocycles. The number of carbonyl (C=O) groups is 1. The molecule has 0 spiro atoms. The van der Waals surface area contributed by atoms with E-state index in [2.05, 4.69) is 10.5 Å². The molecule has 0 aromatic heterocycles. The smallest absolute Gasteiger partial charge is 0.405 e. The molecule has 2 heterocycles. The highest BCUT2D eigenvalue weighted by Crippen LogP contribution is 2.35. The number of fused-ring (bicyclic) bond motifs is 1. The van der Waals surface area contributed by atoms with E-state index in [9.17, 15) is 13.6 Å². The van der Waals surface area contributed by atoms with Crippen molar-refractivity contribution in [2.24, 2.45) is 5.16 Å². The lowest BCUT2D eigenvalue weighted by atomic mass is 9.92. The zero-order valence-corrected chi connectivity index (χ0v) is 12.3. The first-order valence-electron chi connectivity index (χ1n) is 6.98. The molecule has 1 fully saturated rings. The van der Waals surface area contributed by atoms with Crippen LogP contribution >= 0.6 is 0 Å². The van der Waals surface area contributed by atoms with Crippen molar-refractivity contribution < 1.29 is 28.3 Å². The van der Waals surface area contributed by atoms with Gasteiger partial charge in [-0.15, -0.1) is 0 Å². The molecule has 0 bridgehead atoms. The first-order valence-corrected chi connectivity index (χ1v) is 6.98. The van der Waals surface area contributed by atoms with E-state index in [1.165, 1.54) is 7.11 Å². The molecular formula is C14H15F2N3O4. The minimum Gasteiger partial charge on any atom is -0.497 e. The van der Waals surface area contributed by atoms with Gasteiger partial charge < -0.3 is 24.9 Å². The maximum atomic E-state index is 14.4. The van der Waals surface area contributed by atoms with Crippen LogP contribution in [0.3, 0.4) is 0 Å². The average Bonchev–Trinajstić information content (AvgIpc) is 2.84. The average molecular weight is 327 g/mol. The van der Waals surface area contributed by atoms with Gasteiger partial charge in [0, 0.05) is 30.2 Å². The third-order valence-corrected chi connectivity index (χ3v) is 3.97. The number of ether oxygens (including phenoxy) is 1. The largest absolute Gasteiger partial charge is 0.497 e. The number of hydrogen-bond donors (Lipinski definition) is 2. The van der Waals surface area contributed by atoms with Crippen molar-refractivity contribution in [3.63, 3.8) is 0 Å². The quantitative estimate of drug-likeness (QED) is 0.876. The summed E-state index contributed by atoms with van der Waals surface area (Å²) in [6, 6.07) is 1.27. The Balaban J connectivity index is 2.02. The van der Waals surface area contributed by atoms with Gasteiger partial charge in [-0.2, -0.15) is 0 Å². The van der Waals surface area contributed by atoms with Crippen molar-refractivity contribution in [2.45, 2.75) is 12.0 Å². The number of amidine groups is 1. The number of benzene rings is 1. The van der Waals surface area contributed by atoms with Crippen LogP contribution in [0.5, 0.6) is 5.75 Å². The van der Waals surface area contributed by atoms with E-state index >= 15 is 0 Å². The summed E-state index contributed by atoms with van der Waals surface area (Å²) in [4.78, 5) is 17.8. The number of amides is 1. The number of nitrogens with zero attached hydrogens (tertiary/aromatic N) is 2. The SMILES string of the molecule is COc1cc(F)c(C2CN3CCON=C3C2NC(=O)O)c(F)c1. The van der Waals surface area contributed by atoms with E-state index in [0.717, 1.165) is 12.1 Å². The summed E-state index contributed by atoms with van der Waals surface area (Å²) in [6.07, 6.45) is -1.30. The molecule has 2 aliphatic heterocycles. The summed E-state index contributed by atoms with van der Waals surface area (Å²) in [5.74, 6) is -1.94. The molecule has 9 heteroatoms.